The SMILES string of the molecule is CC(C)Oc1ccc(-n2cc(Cl)cc2Oc2cccc(Cl)c2)cc1. The lowest BCUT2D eigenvalue weighted by Crippen LogP contribution is -2.05. The molecule has 3 rings (SSSR count). The summed E-state index contributed by atoms with van der Waals surface area (Å²) in [4.78, 5) is 0. The summed E-state index contributed by atoms with van der Waals surface area (Å²) in [6.45, 7) is 3.99. The molecule has 0 atom stereocenters. The minimum Gasteiger partial charge on any atom is -0.491 e. The lowest BCUT2D eigenvalue weighted by molar-refractivity contribution is 0.242. The van der Waals surface area contributed by atoms with E-state index in [1.807, 2.05) is 54.8 Å². The van der Waals surface area contributed by atoms with E-state index in [4.69, 9.17) is 32.7 Å². The van der Waals surface area contributed by atoms with Gasteiger partial charge in [-0.25, -0.2) is 0 Å². The number of hydrogen-bond donors (Lipinski definition) is 0. The molecule has 0 aliphatic rings. The standard InChI is InChI=1S/C19H17Cl2NO2/c1-13(2)23-17-8-6-16(7-9-17)22-12-15(21)11-19(22)24-18-5-3-4-14(20)10-18/h3-13H,1-2H3. The molecule has 0 unspecified atom stereocenters. The van der Waals surface area contributed by atoms with E-state index in [1.54, 1.807) is 24.4 Å². The molecule has 0 spiro atoms. The number of ether oxygens (including phenoxy) is 2. The Kier molecular flexibility index (Phi) is 5.03. The maximum atomic E-state index is 6.16. The van der Waals surface area contributed by atoms with Gasteiger partial charge in [-0.2, -0.15) is 0 Å². The Morgan fingerprint density at radius 1 is 0.875 bits per heavy atom. The molecular formula is C19H17Cl2NO2. The summed E-state index contributed by atoms with van der Waals surface area (Å²) in [5.41, 5.74) is 0.926. The van der Waals surface area contributed by atoms with Crippen molar-refractivity contribution in [2.75, 3.05) is 0 Å². The molecule has 1 aromatic heterocycles. The lowest BCUT2D eigenvalue weighted by atomic mass is 10.3. The van der Waals surface area contributed by atoms with Gasteiger partial charge in [-0.05, 0) is 56.3 Å². The third kappa shape index (κ3) is 4.05. The van der Waals surface area contributed by atoms with Crippen molar-refractivity contribution in [2.45, 2.75) is 20.0 Å². The van der Waals surface area contributed by atoms with Crippen LogP contribution in [-0.2, 0) is 0 Å². The first-order valence-electron chi connectivity index (χ1n) is 7.59. The average molecular weight is 362 g/mol. The van der Waals surface area contributed by atoms with E-state index in [0.29, 0.717) is 21.7 Å². The molecule has 0 bridgehead atoms. The van der Waals surface area contributed by atoms with Gasteiger partial charge in [0.05, 0.1) is 11.1 Å². The first-order valence-corrected chi connectivity index (χ1v) is 8.35. The number of rotatable bonds is 5. The smallest absolute Gasteiger partial charge is 0.206 e. The fourth-order valence-electron chi connectivity index (χ4n) is 2.30. The van der Waals surface area contributed by atoms with Crippen LogP contribution in [-0.4, -0.2) is 10.7 Å². The maximum absolute atomic E-state index is 6.16. The van der Waals surface area contributed by atoms with E-state index < -0.39 is 0 Å². The molecule has 0 amide bonds. The fourth-order valence-corrected chi connectivity index (χ4v) is 2.67. The van der Waals surface area contributed by atoms with Gasteiger partial charge in [-0.1, -0.05) is 29.3 Å². The van der Waals surface area contributed by atoms with E-state index in [-0.39, 0.29) is 6.10 Å². The summed E-state index contributed by atoms with van der Waals surface area (Å²) in [6.07, 6.45) is 1.94. The second kappa shape index (κ2) is 7.20. The van der Waals surface area contributed by atoms with E-state index in [1.165, 1.54) is 0 Å². The average Bonchev–Trinajstić information content (AvgIpc) is 2.88. The van der Waals surface area contributed by atoms with E-state index in [0.717, 1.165) is 11.4 Å². The van der Waals surface area contributed by atoms with Crippen LogP contribution in [0, 0.1) is 0 Å². The first-order chi connectivity index (χ1) is 11.5. The van der Waals surface area contributed by atoms with Crippen LogP contribution in [0.2, 0.25) is 10.0 Å². The second-order valence-electron chi connectivity index (χ2n) is 5.59. The summed E-state index contributed by atoms with van der Waals surface area (Å²) in [6, 6.07) is 16.8. The zero-order valence-corrected chi connectivity index (χ0v) is 14.9. The molecule has 0 saturated carbocycles. The number of nitrogens with zero attached hydrogens (tertiary/aromatic N) is 1. The van der Waals surface area contributed by atoms with Crippen molar-refractivity contribution in [3.05, 3.63) is 70.8 Å². The lowest BCUT2D eigenvalue weighted by Gasteiger charge is -2.13. The molecule has 124 valence electrons. The van der Waals surface area contributed by atoms with Gasteiger partial charge in [0.25, 0.3) is 0 Å². The van der Waals surface area contributed by atoms with E-state index in [2.05, 4.69) is 0 Å². The van der Waals surface area contributed by atoms with Gasteiger partial charge in [0.1, 0.15) is 11.5 Å². The summed E-state index contributed by atoms with van der Waals surface area (Å²) in [7, 11) is 0. The molecule has 1 heterocycles. The molecular weight excluding hydrogens is 345 g/mol. The molecule has 24 heavy (non-hydrogen) atoms. The zero-order valence-electron chi connectivity index (χ0n) is 13.4. The van der Waals surface area contributed by atoms with Crippen molar-refractivity contribution in [1.29, 1.82) is 0 Å². The summed E-state index contributed by atoms with van der Waals surface area (Å²) >= 11 is 12.2. The molecule has 2 aromatic carbocycles. The third-order valence-corrected chi connectivity index (χ3v) is 3.70. The van der Waals surface area contributed by atoms with Crippen molar-refractivity contribution in [1.82, 2.24) is 4.57 Å². The number of hydrogen-bond acceptors (Lipinski definition) is 2. The molecule has 0 N–H and O–H groups in total. The van der Waals surface area contributed by atoms with Gasteiger partial charge >= 0.3 is 0 Å². The van der Waals surface area contributed by atoms with Crippen molar-refractivity contribution in [3.8, 4) is 23.1 Å². The molecule has 0 radical (unpaired) electrons. The number of aromatic nitrogens is 1. The van der Waals surface area contributed by atoms with Crippen molar-refractivity contribution in [3.63, 3.8) is 0 Å². The molecule has 3 aromatic rings. The topological polar surface area (TPSA) is 23.4 Å². The highest BCUT2D eigenvalue weighted by Crippen LogP contribution is 2.31. The summed E-state index contributed by atoms with van der Waals surface area (Å²) in [5.74, 6) is 2.09. The van der Waals surface area contributed by atoms with Crippen molar-refractivity contribution in [2.24, 2.45) is 0 Å². The zero-order chi connectivity index (χ0) is 17.1. The predicted octanol–water partition coefficient (Wildman–Crippen LogP) is 6.36. The Hall–Kier alpha value is -2.10. The van der Waals surface area contributed by atoms with Gasteiger partial charge in [0, 0.05) is 23.0 Å². The Morgan fingerprint density at radius 3 is 2.29 bits per heavy atom. The van der Waals surface area contributed by atoms with Crippen LogP contribution in [0.25, 0.3) is 5.69 Å². The molecule has 0 aliphatic carbocycles. The van der Waals surface area contributed by atoms with Crippen LogP contribution in [0.5, 0.6) is 17.4 Å². The second-order valence-corrected chi connectivity index (χ2v) is 6.46. The monoisotopic (exact) mass is 361 g/mol. The van der Waals surface area contributed by atoms with Crippen LogP contribution in [0.1, 0.15) is 13.8 Å². The Morgan fingerprint density at radius 2 is 1.62 bits per heavy atom. The van der Waals surface area contributed by atoms with Gasteiger partial charge < -0.3 is 9.47 Å². The molecule has 0 aliphatic heterocycles. The van der Waals surface area contributed by atoms with Crippen molar-refractivity contribution < 1.29 is 9.47 Å². The molecule has 0 saturated heterocycles. The third-order valence-electron chi connectivity index (χ3n) is 3.26. The molecule has 0 fully saturated rings. The Balaban J connectivity index is 1.88. The van der Waals surface area contributed by atoms with Gasteiger partial charge in [-0.15, -0.1) is 0 Å². The maximum Gasteiger partial charge on any atom is 0.206 e. The van der Waals surface area contributed by atoms with Crippen LogP contribution in [0.3, 0.4) is 0 Å². The highest BCUT2D eigenvalue weighted by molar-refractivity contribution is 6.31. The van der Waals surface area contributed by atoms with Crippen LogP contribution < -0.4 is 9.47 Å². The minimum absolute atomic E-state index is 0.138. The fraction of sp³-hybridized carbons (Fsp3) is 0.158. The summed E-state index contributed by atoms with van der Waals surface area (Å²) < 4.78 is 13.5. The van der Waals surface area contributed by atoms with E-state index >= 15 is 0 Å². The molecule has 3 nitrogen and oxygen atoms in total. The van der Waals surface area contributed by atoms with E-state index in [9.17, 15) is 0 Å². The highest BCUT2D eigenvalue weighted by Gasteiger charge is 2.10. The largest absolute Gasteiger partial charge is 0.491 e. The van der Waals surface area contributed by atoms with Gasteiger partial charge in [0.2, 0.25) is 5.88 Å². The normalized spacial score (nSPS) is 10.9. The summed E-state index contributed by atoms with van der Waals surface area (Å²) in [5, 5.41) is 1.21. The number of benzene rings is 2. The van der Waals surface area contributed by atoms with Crippen molar-refractivity contribution >= 4 is 23.2 Å². The van der Waals surface area contributed by atoms with Crippen LogP contribution in [0.15, 0.2) is 60.8 Å². The van der Waals surface area contributed by atoms with Gasteiger partial charge in [-0.3, -0.25) is 4.57 Å². The van der Waals surface area contributed by atoms with Gasteiger partial charge in [0.15, 0.2) is 0 Å². The van der Waals surface area contributed by atoms with Crippen LogP contribution >= 0.6 is 23.2 Å². The quantitative estimate of drug-likeness (QED) is 0.527. The minimum atomic E-state index is 0.138. The Bertz CT molecular complexity index is 826. The molecule has 5 heteroatoms. The Labute approximate surface area is 151 Å². The number of halogens is 2. The predicted molar refractivity (Wildman–Crippen MR) is 98.1 cm³/mol. The highest BCUT2D eigenvalue weighted by atomic mass is 35.5. The van der Waals surface area contributed by atoms with Crippen LogP contribution in [0.4, 0.5) is 0 Å². The first kappa shape index (κ1) is 16.7.